The van der Waals surface area contributed by atoms with Gasteiger partial charge in [-0.15, -0.1) is 13.2 Å². The fourth-order valence-electron chi connectivity index (χ4n) is 2.01. The van der Waals surface area contributed by atoms with Crippen LogP contribution in [0.3, 0.4) is 0 Å². The molecular formula is C14H12F3N3O3. The normalized spacial score (nSPS) is 11.1. The fraction of sp³-hybridized carbons (Fsp3) is 0.214. The summed E-state index contributed by atoms with van der Waals surface area (Å²) >= 11 is 0. The average Bonchev–Trinajstić information content (AvgIpc) is 2.45. The Hall–Kier alpha value is -2.84. The summed E-state index contributed by atoms with van der Waals surface area (Å²) in [6.07, 6.45) is -3.37. The smallest absolute Gasteiger partial charge is 0.406 e. The number of hydrogen-bond donors (Lipinski definition) is 0. The molecule has 0 aliphatic carbocycles. The zero-order valence-electron chi connectivity index (χ0n) is 11.9. The molecule has 0 radical (unpaired) electrons. The minimum Gasteiger partial charge on any atom is -0.406 e. The van der Waals surface area contributed by atoms with E-state index in [1.165, 1.54) is 41.4 Å². The van der Waals surface area contributed by atoms with Crippen molar-refractivity contribution in [1.29, 1.82) is 0 Å². The molecule has 1 aromatic carbocycles. The Morgan fingerprint density at radius 2 is 2.04 bits per heavy atom. The van der Waals surface area contributed by atoms with Crippen molar-refractivity contribution in [3.63, 3.8) is 0 Å². The van der Waals surface area contributed by atoms with E-state index in [1.54, 1.807) is 13.1 Å². The second-order valence-corrected chi connectivity index (χ2v) is 4.65. The van der Waals surface area contributed by atoms with E-state index in [0.29, 0.717) is 5.56 Å². The van der Waals surface area contributed by atoms with Crippen molar-refractivity contribution in [3.05, 3.63) is 58.3 Å². The molecule has 2 rings (SSSR count). The zero-order valence-corrected chi connectivity index (χ0v) is 11.9. The highest BCUT2D eigenvalue weighted by molar-refractivity contribution is 5.57. The van der Waals surface area contributed by atoms with Crippen LogP contribution < -0.4 is 9.64 Å². The molecule has 0 aliphatic heterocycles. The SMILES string of the molecule is CN(Cc1cccc(OC(F)(F)F)c1)c1ncccc1[N+](=O)[O-]. The number of aromatic nitrogens is 1. The van der Waals surface area contributed by atoms with Crippen LogP contribution in [0, 0.1) is 10.1 Å². The second kappa shape index (κ2) is 6.51. The summed E-state index contributed by atoms with van der Waals surface area (Å²) in [4.78, 5) is 15.8. The van der Waals surface area contributed by atoms with Crippen LogP contribution in [0.2, 0.25) is 0 Å². The lowest BCUT2D eigenvalue weighted by Crippen LogP contribution is -2.20. The van der Waals surface area contributed by atoms with Crippen LogP contribution in [0.5, 0.6) is 5.75 Å². The molecule has 0 unspecified atom stereocenters. The molecule has 1 aromatic heterocycles. The number of nitrogens with zero attached hydrogens (tertiary/aromatic N) is 3. The van der Waals surface area contributed by atoms with Gasteiger partial charge in [-0.25, -0.2) is 4.98 Å². The van der Waals surface area contributed by atoms with Crippen molar-refractivity contribution in [2.45, 2.75) is 12.9 Å². The summed E-state index contributed by atoms with van der Waals surface area (Å²) < 4.78 is 40.5. The predicted molar refractivity (Wildman–Crippen MR) is 76.1 cm³/mol. The van der Waals surface area contributed by atoms with Gasteiger partial charge < -0.3 is 9.64 Å². The number of benzene rings is 1. The highest BCUT2D eigenvalue weighted by Crippen LogP contribution is 2.27. The molecule has 0 saturated carbocycles. The molecule has 0 atom stereocenters. The molecule has 0 spiro atoms. The summed E-state index contributed by atoms with van der Waals surface area (Å²) in [6, 6.07) is 8.15. The molecule has 0 aliphatic rings. The quantitative estimate of drug-likeness (QED) is 0.621. The van der Waals surface area contributed by atoms with E-state index < -0.39 is 11.3 Å². The summed E-state index contributed by atoms with van der Waals surface area (Å²) in [7, 11) is 1.56. The van der Waals surface area contributed by atoms with Gasteiger partial charge in [-0.05, 0) is 23.8 Å². The van der Waals surface area contributed by atoms with Crippen molar-refractivity contribution < 1.29 is 22.8 Å². The first-order valence-electron chi connectivity index (χ1n) is 6.41. The molecule has 9 heteroatoms. The van der Waals surface area contributed by atoms with Crippen molar-refractivity contribution >= 4 is 11.5 Å². The van der Waals surface area contributed by atoms with Crippen LogP contribution >= 0.6 is 0 Å². The largest absolute Gasteiger partial charge is 0.573 e. The average molecular weight is 327 g/mol. The van der Waals surface area contributed by atoms with E-state index >= 15 is 0 Å². The van der Waals surface area contributed by atoms with E-state index in [0.717, 1.165) is 0 Å². The van der Waals surface area contributed by atoms with Gasteiger partial charge in [0.05, 0.1) is 4.92 Å². The highest BCUT2D eigenvalue weighted by atomic mass is 19.4. The molecule has 23 heavy (non-hydrogen) atoms. The van der Waals surface area contributed by atoms with Crippen molar-refractivity contribution in [1.82, 2.24) is 4.98 Å². The van der Waals surface area contributed by atoms with Crippen LogP contribution in [0.4, 0.5) is 24.7 Å². The van der Waals surface area contributed by atoms with Gasteiger partial charge in [0.15, 0.2) is 0 Å². The third-order valence-corrected chi connectivity index (χ3v) is 2.88. The summed E-state index contributed by atoms with van der Waals surface area (Å²) in [5.41, 5.74) is 0.312. The van der Waals surface area contributed by atoms with Gasteiger partial charge in [-0.2, -0.15) is 0 Å². The number of anilines is 1. The molecule has 0 bridgehead atoms. The Labute approximate surface area is 129 Å². The summed E-state index contributed by atoms with van der Waals surface area (Å²) in [5, 5.41) is 11.0. The number of hydrogen-bond acceptors (Lipinski definition) is 5. The lowest BCUT2D eigenvalue weighted by Gasteiger charge is -2.18. The van der Waals surface area contributed by atoms with Gasteiger partial charge in [0, 0.05) is 25.9 Å². The number of nitro groups is 1. The number of rotatable bonds is 5. The Kier molecular flexibility index (Phi) is 4.68. The molecule has 1 heterocycles. The zero-order chi connectivity index (χ0) is 17.0. The van der Waals surface area contributed by atoms with Gasteiger partial charge in [-0.3, -0.25) is 10.1 Å². The maximum Gasteiger partial charge on any atom is 0.573 e. The van der Waals surface area contributed by atoms with E-state index in [-0.39, 0.29) is 23.8 Å². The fourth-order valence-corrected chi connectivity index (χ4v) is 2.01. The number of ether oxygens (including phenoxy) is 1. The topological polar surface area (TPSA) is 68.5 Å². The Bertz CT molecular complexity index is 707. The minimum absolute atomic E-state index is 0.125. The summed E-state index contributed by atoms with van der Waals surface area (Å²) in [5.74, 6) is -0.224. The minimum atomic E-state index is -4.77. The second-order valence-electron chi connectivity index (χ2n) is 4.65. The van der Waals surface area contributed by atoms with Crippen molar-refractivity contribution in [2.75, 3.05) is 11.9 Å². The predicted octanol–water partition coefficient (Wildman–Crippen LogP) is 3.52. The molecule has 0 amide bonds. The molecule has 2 aromatic rings. The molecule has 0 N–H and O–H groups in total. The first-order valence-corrected chi connectivity index (χ1v) is 6.41. The van der Waals surface area contributed by atoms with Crippen LogP contribution in [0.1, 0.15) is 5.56 Å². The van der Waals surface area contributed by atoms with E-state index in [2.05, 4.69) is 9.72 Å². The first-order chi connectivity index (χ1) is 10.8. The third-order valence-electron chi connectivity index (χ3n) is 2.88. The Balaban J connectivity index is 2.19. The number of alkyl halides is 3. The molecule has 0 fully saturated rings. The maximum atomic E-state index is 12.2. The Morgan fingerprint density at radius 3 is 2.70 bits per heavy atom. The third kappa shape index (κ3) is 4.56. The van der Waals surface area contributed by atoms with E-state index in [4.69, 9.17) is 0 Å². The van der Waals surface area contributed by atoms with Gasteiger partial charge in [0.1, 0.15) is 5.75 Å². The Morgan fingerprint density at radius 1 is 1.30 bits per heavy atom. The molecular weight excluding hydrogens is 315 g/mol. The van der Waals surface area contributed by atoms with Crippen LogP contribution in [0.15, 0.2) is 42.6 Å². The monoisotopic (exact) mass is 327 g/mol. The summed E-state index contributed by atoms with van der Waals surface area (Å²) in [6.45, 7) is 0.132. The van der Waals surface area contributed by atoms with Crippen molar-refractivity contribution in [2.24, 2.45) is 0 Å². The molecule has 122 valence electrons. The van der Waals surface area contributed by atoms with Crippen LogP contribution in [-0.4, -0.2) is 23.3 Å². The van der Waals surface area contributed by atoms with Crippen molar-refractivity contribution in [3.8, 4) is 5.75 Å². The van der Waals surface area contributed by atoms with Crippen LogP contribution in [-0.2, 0) is 6.54 Å². The van der Waals surface area contributed by atoms with E-state index in [9.17, 15) is 23.3 Å². The number of halogens is 3. The maximum absolute atomic E-state index is 12.2. The molecule has 0 saturated heterocycles. The first kappa shape index (κ1) is 16.5. The van der Waals surface area contributed by atoms with Gasteiger partial charge in [0.2, 0.25) is 5.82 Å². The van der Waals surface area contributed by atoms with Crippen LogP contribution in [0.25, 0.3) is 0 Å². The highest BCUT2D eigenvalue weighted by Gasteiger charge is 2.31. The lowest BCUT2D eigenvalue weighted by atomic mass is 10.2. The van der Waals surface area contributed by atoms with Gasteiger partial charge >= 0.3 is 12.0 Å². The van der Waals surface area contributed by atoms with Gasteiger partial charge in [0.25, 0.3) is 0 Å². The molecule has 6 nitrogen and oxygen atoms in total. The van der Waals surface area contributed by atoms with Gasteiger partial charge in [-0.1, -0.05) is 12.1 Å². The van der Waals surface area contributed by atoms with E-state index in [1.807, 2.05) is 0 Å². The number of pyridine rings is 1. The lowest BCUT2D eigenvalue weighted by molar-refractivity contribution is -0.384. The standard InChI is InChI=1S/C14H12F3N3O3/c1-19(13-12(20(21)22)6-3-7-18-13)9-10-4-2-5-11(8-10)23-14(15,16)17/h2-8H,9H2,1H3.